The van der Waals surface area contributed by atoms with Crippen molar-refractivity contribution in [3.63, 3.8) is 0 Å². The lowest BCUT2D eigenvalue weighted by Gasteiger charge is -2.13. The van der Waals surface area contributed by atoms with E-state index in [1.165, 1.54) is 0 Å². The van der Waals surface area contributed by atoms with Crippen LogP contribution in [0.2, 0.25) is 0 Å². The molecule has 0 atom stereocenters. The van der Waals surface area contributed by atoms with Crippen LogP contribution < -0.4 is 15.6 Å². The van der Waals surface area contributed by atoms with E-state index in [0.717, 1.165) is 27.7 Å². The monoisotopic (exact) mass is 562 g/mol. The summed E-state index contributed by atoms with van der Waals surface area (Å²) in [6.45, 7) is 1.56. The van der Waals surface area contributed by atoms with Crippen LogP contribution in [0.3, 0.4) is 0 Å². The molecule has 0 unspecified atom stereocenters. The third kappa shape index (κ3) is 6.15. The second-order valence-electron chi connectivity index (χ2n) is 7.43. The number of rotatable bonds is 9. The smallest absolute Gasteiger partial charge is 0.323 e. The molecule has 0 saturated carbocycles. The summed E-state index contributed by atoms with van der Waals surface area (Å²) in [6.07, 6.45) is 3.30. The minimum absolute atomic E-state index is 0.0333. The van der Waals surface area contributed by atoms with Crippen LogP contribution in [-0.4, -0.2) is 41.1 Å². The summed E-state index contributed by atoms with van der Waals surface area (Å²) >= 11 is 2.08. The molecule has 3 N–H and O–H groups in total. The Labute approximate surface area is 204 Å². The number of aliphatic carboxylic acids is 1. The fraction of sp³-hybridized carbons (Fsp3) is 0.261. The molecule has 0 saturated heterocycles. The Balaban J connectivity index is 1.70. The molecule has 2 aromatic carbocycles. The highest BCUT2D eigenvalue weighted by Gasteiger charge is 2.35. The molecule has 10 heteroatoms. The number of carboxylic acid groups (broad SMARTS) is 1. The fourth-order valence-electron chi connectivity index (χ4n) is 3.32. The minimum Gasteiger partial charge on any atom is -0.480 e. The van der Waals surface area contributed by atoms with Crippen LogP contribution >= 0.6 is 22.6 Å². The number of hydrogen-bond acceptors (Lipinski definition) is 5. The van der Waals surface area contributed by atoms with Gasteiger partial charge >= 0.3 is 5.97 Å². The molecule has 0 radical (unpaired) electrons. The summed E-state index contributed by atoms with van der Waals surface area (Å²) in [7, 11) is 0. The lowest BCUT2D eigenvalue weighted by Crippen LogP contribution is -2.35. The first-order chi connectivity index (χ1) is 15.8. The number of carbonyl (C=O) groups excluding carboxylic acids is 3. The van der Waals surface area contributed by atoms with Crippen molar-refractivity contribution in [2.75, 3.05) is 16.8 Å². The van der Waals surface area contributed by atoms with Crippen molar-refractivity contribution >= 4 is 63.4 Å². The van der Waals surface area contributed by atoms with Gasteiger partial charge in [-0.25, -0.2) is 5.43 Å². The predicted octanol–water partition coefficient (Wildman–Crippen LogP) is 3.38. The number of nitrogens with one attached hydrogen (secondary N) is 2. The Morgan fingerprint density at radius 1 is 1.09 bits per heavy atom. The zero-order valence-electron chi connectivity index (χ0n) is 17.9. The number of nitrogens with zero attached hydrogens (tertiary/aromatic N) is 2. The average molecular weight is 562 g/mol. The molecule has 0 bridgehead atoms. The molecule has 9 nitrogen and oxygen atoms in total. The van der Waals surface area contributed by atoms with Gasteiger partial charge in [-0.05, 0) is 71.5 Å². The summed E-state index contributed by atoms with van der Waals surface area (Å²) in [4.78, 5) is 49.5. The third-order valence-corrected chi connectivity index (χ3v) is 5.62. The molecule has 1 aliphatic rings. The van der Waals surface area contributed by atoms with Crippen LogP contribution in [0.15, 0.2) is 47.6 Å². The Morgan fingerprint density at radius 2 is 1.82 bits per heavy atom. The van der Waals surface area contributed by atoms with Crippen LogP contribution in [0.5, 0.6) is 0 Å². The highest BCUT2D eigenvalue weighted by Crippen LogP contribution is 2.30. The van der Waals surface area contributed by atoms with Crippen molar-refractivity contribution in [1.29, 1.82) is 0 Å². The number of benzene rings is 2. The number of hydrogen-bond donors (Lipinski definition) is 3. The molecular formula is C23H23IN4O5. The van der Waals surface area contributed by atoms with Crippen LogP contribution in [0.4, 0.5) is 11.4 Å². The van der Waals surface area contributed by atoms with Crippen LogP contribution in [0.25, 0.3) is 0 Å². The number of carboxylic acids is 1. The van der Waals surface area contributed by atoms with Gasteiger partial charge in [0.2, 0.25) is 5.91 Å². The number of carbonyl (C=O) groups is 4. The summed E-state index contributed by atoms with van der Waals surface area (Å²) < 4.78 is 0.836. The normalized spacial score (nSPS) is 13.7. The zero-order chi connectivity index (χ0) is 24.0. The van der Waals surface area contributed by atoms with E-state index in [1.54, 1.807) is 42.5 Å². The first kappa shape index (κ1) is 24.4. The van der Waals surface area contributed by atoms with Crippen LogP contribution in [0.1, 0.15) is 48.5 Å². The van der Waals surface area contributed by atoms with Gasteiger partial charge in [-0.1, -0.05) is 19.8 Å². The van der Waals surface area contributed by atoms with Crippen molar-refractivity contribution in [3.8, 4) is 0 Å². The molecule has 172 valence electrons. The van der Waals surface area contributed by atoms with Gasteiger partial charge < -0.3 is 10.4 Å². The van der Waals surface area contributed by atoms with Gasteiger partial charge in [-0.2, -0.15) is 5.10 Å². The van der Waals surface area contributed by atoms with E-state index in [2.05, 4.69) is 45.4 Å². The van der Waals surface area contributed by atoms with E-state index >= 15 is 0 Å². The Hall–Kier alpha value is -3.28. The number of halogens is 1. The van der Waals surface area contributed by atoms with Gasteiger partial charge in [0.25, 0.3) is 11.8 Å². The molecule has 3 amide bonds. The number of hydrazone groups is 1. The number of anilines is 2. The second kappa shape index (κ2) is 11.0. The molecule has 3 rings (SSSR count). The van der Waals surface area contributed by atoms with E-state index in [0.29, 0.717) is 28.9 Å². The maximum Gasteiger partial charge on any atom is 0.323 e. The van der Waals surface area contributed by atoms with Gasteiger partial charge in [-0.3, -0.25) is 24.1 Å². The maximum atomic E-state index is 12.7. The highest BCUT2D eigenvalue weighted by molar-refractivity contribution is 14.1. The Morgan fingerprint density at radius 3 is 2.48 bits per heavy atom. The van der Waals surface area contributed by atoms with Crippen molar-refractivity contribution in [2.45, 2.75) is 32.6 Å². The summed E-state index contributed by atoms with van der Waals surface area (Å²) in [5, 5.41) is 15.9. The van der Waals surface area contributed by atoms with E-state index < -0.39 is 24.3 Å². The molecule has 0 aromatic heterocycles. The number of fused-ring (bicyclic) bond motifs is 1. The first-order valence-corrected chi connectivity index (χ1v) is 11.5. The van der Waals surface area contributed by atoms with Crippen molar-refractivity contribution < 1.29 is 24.3 Å². The molecular weight excluding hydrogens is 539 g/mol. The fourth-order valence-corrected chi connectivity index (χ4v) is 3.81. The second-order valence-corrected chi connectivity index (χ2v) is 8.68. The number of amides is 3. The molecule has 0 aliphatic carbocycles. The Bertz CT molecular complexity index is 1110. The van der Waals surface area contributed by atoms with Crippen molar-refractivity contribution in [1.82, 2.24) is 5.43 Å². The average Bonchev–Trinajstić information content (AvgIpc) is 3.02. The quantitative estimate of drug-likeness (QED) is 0.245. The molecule has 2 aromatic rings. The third-order valence-electron chi connectivity index (χ3n) is 4.95. The van der Waals surface area contributed by atoms with E-state index in [1.807, 2.05) is 0 Å². The molecule has 1 aliphatic heterocycles. The van der Waals surface area contributed by atoms with Crippen molar-refractivity contribution in [2.24, 2.45) is 5.10 Å². The van der Waals surface area contributed by atoms with Crippen LogP contribution in [-0.2, 0) is 14.4 Å². The lowest BCUT2D eigenvalue weighted by molar-refractivity contribution is -0.136. The van der Waals surface area contributed by atoms with E-state index in [-0.39, 0.29) is 11.6 Å². The number of unbranched alkanes of at least 4 members (excludes halogenated alkanes) is 2. The maximum absolute atomic E-state index is 12.7. The van der Waals surface area contributed by atoms with Gasteiger partial charge in [-0.15, -0.1) is 0 Å². The molecule has 0 spiro atoms. The standard InChI is InChI=1S/C23H23IN4O5/c1-2-3-4-5-19(29)25-16-9-6-14(7-10-16)22(32)27-26-21-17-12-15(24)8-11-18(17)28(23(21)33)13-20(30)31/h6-12H,2-5,13H2,1H3,(H,25,29)(H,27,32)(H,30,31)/b26-21-. The molecule has 1 heterocycles. The zero-order valence-corrected chi connectivity index (χ0v) is 20.1. The predicted molar refractivity (Wildman–Crippen MR) is 132 cm³/mol. The van der Waals surface area contributed by atoms with E-state index in [4.69, 9.17) is 5.11 Å². The lowest BCUT2D eigenvalue weighted by atomic mass is 10.1. The minimum atomic E-state index is -1.16. The summed E-state index contributed by atoms with van der Waals surface area (Å²) in [5.74, 6) is -2.38. The summed E-state index contributed by atoms with van der Waals surface area (Å²) in [5.41, 5.74) is 4.08. The van der Waals surface area contributed by atoms with Crippen LogP contribution in [0, 0.1) is 3.57 Å². The van der Waals surface area contributed by atoms with E-state index in [9.17, 15) is 19.2 Å². The molecule has 33 heavy (non-hydrogen) atoms. The van der Waals surface area contributed by atoms with Gasteiger partial charge in [0.05, 0.1) is 5.69 Å². The Kier molecular flexibility index (Phi) is 8.15. The first-order valence-electron chi connectivity index (χ1n) is 10.4. The van der Waals surface area contributed by atoms with Gasteiger partial charge in [0, 0.05) is 26.8 Å². The van der Waals surface area contributed by atoms with Gasteiger partial charge in [0.1, 0.15) is 6.54 Å². The molecule has 0 fully saturated rings. The highest BCUT2D eigenvalue weighted by atomic mass is 127. The SMILES string of the molecule is CCCCCC(=O)Nc1ccc(C(=O)N/N=C2\C(=O)N(CC(=O)O)c3ccc(I)cc32)cc1. The largest absolute Gasteiger partial charge is 0.480 e. The van der Waals surface area contributed by atoms with Gasteiger partial charge in [0.15, 0.2) is 5.71 Å². The summed E-state index contributed by atoms with van der Waals surface area (Å²) in [6, 6.07) is 11.4. The van der Waals surface area contributed by atoms with Crippen molar-refractivity contribution in [3.05, 3.63) is 57.2 Å². The topological polar surface area (TPSA) is 128 Å².